The predicted octanol–water partition coefficient (Wildman–Crippen LogP) is 5.75. The Balaban J connectivity index is 2.49. The van der Waals surface area contributed by atoms with Gasteiger partial charge in [0.2, 0.25) is 0 Å². The maximum absolute atomic E-state index is 10.9. The highest BCUT2D eigenvalue weighted by Crippen LogP contribution is 2.23. The molecule has 0 spiro atoms. The summed E-state index contributed by atoms with van der Waals surface area (Å²) in [7, 11) is -4.09. The lowest BCUT2D eigenvalue weighted by molar-refractivity contribution is 0.132. The summed E-state index contributed by atoms with van der Waals surface area (Å²) in [6, 6.07) is 3.18. The molecule has 5 nitrogen and oxygen atoms in total. The van der Waals surface area contributed by atoms with Crippen molar-refractivity contribution in [3.05, 3.63) is 17.9 Å². The number of rotatable bonds is 15. The second-order valence-corrected chi connectivity index (χ2v) is 8.19. The molecule has 0 aliphatic heterocycles. The van der Waals surface area contributed by atoms with Crippen LogP contribution < -0.4 is 4.74 Å². The van der Waals surface area contributed by atoms with Gasteiger partial charge in [-0.2, -0.15) is 8.42 Å². The predicted molar refractivity (Wildman–Crippen MR) is 101 cm³/mol. The zero-order valence-corrected chi connectivity index (χ0v) is 16.5. The molecule has 0 radical (unpaired) electrons. The van der Waals surface area contributed by atoms with Crippen LogP contribution in [0.2, 0.25) is 0 Å². The molecule has 0 saturated heterocycles. The van der Waals surface area contributed by atoms with Crippen LogP contribution in [-0.2, 0) is 15.9 Å². The van der Waals surface area contributed by atoms with Gasteiger partial charge in [0.25, 0.3) is 16.1 Å². The second-order valence-electron chi connectivity index (χ2n) is 6.74. The summed E-state index contributed by atoms with van der Waals surface area (Å²) < 4.78 is 42.1. The molecule has 1 aromatic rings. The van der Waals surface area contributed by atoms with Gasteiger partial charge in [0.05, 0.1) is 0 Å². The molecule has 6 heteroatoms. The minimum Gasteiger partial charge on any atom is -0.462 e. The topological polar surface area (TPSA) is 76.7 Å². The first-order valence-corrected chi connectivity index (χ1v) is 11.3. The van der Waals surface area contributed by atoms with Crippen LogP contribution in [0.1, 0.15) is 90.2 Å². The highest BCUT2D eigenvalue weighted by atomic mass is 32.2. The van der Waals surface area contributed by atoms with Gasteiger partial charge in [-0.1, -0.05) is 58.8 Å². The summed E-state index contributed by atoms with van der Waals surface area (Å²) in [6.45, 7) is 4.40. The van der Waals surface area contributed by atoms with E-state index in [1.54, 1.807) is 12.1 Å². The highest BCUT2D eigenvalue weighted by molar-refractivity contribution is 7.84. The quantitative estimate of drug-likeness (QED) is 0.312. The number of hydrogen-bond acceptors (Lipinski definition) is 4. The number of unbranched alkanes of at least 4 members (excludes halogenated alkanes) is 7. The molecule has 0 saturated carbocycles. The average molecular weight is 375 g/mol. The van der Waals surface area contributed by atoms with E-state index in [-0.39, 0.29) is 11.9 Å². The molecule has 1 rings (SSSR count). The van der Waals surface area contributed by atoms with E-state index < -0.39 is 15.9 Å². The van der Waals surface area contributed by atoms with Crippen molar-refractivity contribution in [2.24, 2.45) is 0 Å². The van der Waals surface area contributed by atoms with E-state index in [0.717, 1.165) is 25.7 Å². The van der Waals surface area contributed by atoms with Gasteiger partial charge in [-0.05, 0) is 31.7 Å². The van der Waals surface area contributed by atoms with Crippen LogP contribution in [0.3, 0.4) is 0 Å². The lowest BCUT2D eigenvalue weighted by Gasteiger charge is -2.17. The van der Waals surface area contributed by atoms with Gasteiger partial charge < -0.3 is 9.15 Å². The van der Waals surface area contributed by atoms with E-state index in [1.165, 1.54) is 44.9 Å². The maximum Gasteiger partial charge on any atom is 0.284 e. The summed E-state index contributed by atoms with van der Waals surface area (Å²) >= 11 is 0. The molecule has 1 aromatic heterocycles. The maximum atomic E-state index is 10.9. The summed E-state index contributed by atoms with van der Waals surface area (Å²) in [4.78, 5) is 0. The van der Waals surface area contributed by atoms with Crippen LogP contribution >= 0.6 is 0 Å². The van der Waals surface area contributed by atoms with Crippen molar-refractivity contribution in [1.82, 2.24) is 0 Å². The number of ether oxygens (including phenoxy) is 1. The Bertz CT molecular complexity index is 550. The molecule has 0 amide bonds. The van der Waals surface area contributed by atoms with Crippen LogP contribution in [-0.4, -0.2) is 19.1 Å². The van der Waals surface area contributed by atoms with Crippen molar-refractivity contribution in [3.63, 3.8) is 0 Å². The zero-order chi connectivity index (χ0) is 18.5. The van der Waals surface area contributed by atoms with Crippen molar-refractivity contribution in [1.29, 1.82) is 0 Å². The second kappa shape index (κ2) is 12.4. The summed E-state index contributed by atoms with van der Waals surface area (Å²) in [5.41, 5.74) is 0. The van der Waals surface area contributed by atoms with Crippen molar-refractivity contribution in [3.8, 4) is 5.95 Å². The Hall–Kier alpha value is -1.01. The summed E-state index contributed by atoms with van der Waals surface area (Å²) in [5.74, 6) is 0.0204. The minimum absolute atomic E-state index is 0.100. The molecule has 0 aliphatic rings. The first kappa shape index (κ1) is 22.0. The number of furan rings is 1. The third kappa shape index (κ3) is 11.3. The average Bonchev–Trinajstić information content (AvgIpc) is 2.96. The van der Waals surface area contributed by atoms with Gasteiger partial charge in [-0.25, -0.2) is 0 Å². The van der Waals surface area contributed by atoms with Gasteiger partial charge in [-0.15, -0.1) is 0 Å². The fourth-order valence-electron chi connectivity index (χ4n) is 2.88. The zero-order valence-electron chi connectivity index (χ0n) is 15.7. The van der Waals surface area contributed by atoms with Crippen LogP contribution in [0.5, 0.6) is 5.95 Å². The Kier molecular flexibility index (Phi) is 10.9. The van der Waals surface area contributed by atoms with Gasteiger partial charge in [0.15, 0.2) is 0 Å². The third-order valence-corrected chi connectivity index (χ3v) is 4.90. The molecular formula is C19H34O5S. The van der Waals surface area contributed by atoms with Crippen LogP contribution in [0.25, 0.3) is 0 Å². The summed E-state index contributed by atoms with van der Waals surface area (Å²) in [6.07, 6.45) is 13.0. The molecular weight excluding hydrogens is 340 g/mol. The fraction of sp³-hybridized carbons (Fsp3) is 0.789. The van der Waals surface area contributed by atoms with E-state index in [1.807, 2.05) is 0 Å². The molecule has 1 N–H and O–H groups in total. The van der Waals surface area contributed by atoms with E-state index in [9.17, 15) is 8.42 Å². The molecule has 0 aliphatic carbocycles. The molecule has 146 valence electrons. The molecule has 1 heterocycles. The van der Waals surface area contributed by atoms with Gasteiger partial charge in [0.1, 0.15) is 17.6 Å². The first-order valence-electron chi connectivity index (χ1n) is 9.65. The lowest BCUT2D eigenvalue weighted by atomic mass is 10.0. The van der Waals surface area contributed by atoms with E-state index >= 15 is 0 Å². The van der Waals surface area contributed by atoms with E-state index in [2.05, 4.69) is 13.8 Å². The smallest absolute Gasteiger partial charge is 0.284 e. The van der Waals surface area contributed by atoms with Crippen molar-refractivity contribution >= 4 is 10.1 Å². The van der Waals surface area contributed by atoms with Crippen LogP contribution in [0.4, 0.5) is 0 Å². The molecule has 1 atom stereocenters. The largest absolute Gasteiger partial charge is 0.462 e. The minimum atomic E-state index is -4.09. The van der Waals surface area contributed by atoms with Crippen molar-refractivity contribution in [2.75, 3.05) is 0 Å². The van der Waals surface area contributed by atoms with E-state index in [4.69, 9.17) is 13.7 Å². The van der Waals surface area contributed by atoms with Gasteiger partial charge >= 0.3 is 0 Å². The SMILES string of the molecule is CCCCCCCC(CCCCCC)Oc1ccc(CS(=O)(=O)O)o1. The van der Waals surface area contributed by atoms with Crippen LogP contribution in [0, 0.1) is 0 Å². The normalized spacial score (nSPS) is 13.1. The Labute approximate surface area is 152 Å². The fourth-order valence-corrected chi connectivity index (χ4v) is 3.39. The Morgan fingerprint density at radius 3 is 2.08 bits per heavy atom. The van der Waals surface area contributed by atoms with Crippen LogP contribution in [0.15, 0.2) is 16.5 Å². The molecule has 0 aromatic carbocycles. The Morgan fingerprint density at radius 2 is 1.52 bits per heavy atom. The Morgan fingerprint density at radius 1 is 0.960 bits per heavy atom. The molecule has 25 heavy (non-hydrogen) atoms. The van der Waals surface area contributed by atoms with Crippen molar-refractivity contribution < 1.29 is 22.1 Å². The van der Waals surface area contributed by atoms with E-state index in [0.29, 0.717) is 5.95 Å². The third-order valence-electron chi connectivity index (χ3n) is 4.25. The lowest BCUT2D eigenvalue weighted by Crippen LogP contribution is -2.16. The molecule has 1 unspecified atom stereocenters. The standard InChI is InChI=1S/C19H34O5S/c1-3-5-7-9-11-13-17(12-10-8-6-4-2)23-19-15-14-18(24-19)16-25(20,21)22/h14-15,17H,3-13,16H2,1-2H3,(H,20,21,22). The monoisotopic (exact) mass is 374 g/mol. The number of hydrogen-bond donors (Lipinski definition) is 1. The van der Waals surface area contributed by atoms with Crippen molar-refractivity contribution in [2.45, 2.75) is 96.3 Å². The van der Waals surface area contributed by atoms with Gasteiger partial charge in [-0.3, -0.25) is 4.55 Å². The molecule has 0 bridgehead atoms. The summed E-state index contributed by atoms with van der Waals surface area (Å²) in [5, 5.41) is 0. The molecule has 0 fully saturated rings. The highest BCUT2D eigenvalue weighted by Gasteiger charge is 2.15. The van der Waals surface area contributed by atoms with Gasteiger partial charge in [0, 0.05) is 6.07 Å². The first-order chi connectivity index (χ1) is 11.9.